The summed E-state index contributed by atoms with van der Waals surface area (Å²) in [7, 11) is 3.46. The molecule has 1 aromatic heterocycles. The third kappa shape index (κ3) is 8.72. The molecule has 0 saturated carbocycles. The average molecular weight is 532 g/mol. The van der Waals surface area contributed by atoms with Gasteiger partial charge in [-0.15, -0.1) is 24.0 Å². The molecule has 9 nitrogen and oxygen atoms in total. The molecule has 0 atom stereocenters. The van der Waals surface area contributed by atoms with Crippen LogP contribution >= 0.6 is 24.0 Å². The van der Waals surface area contributed by atoms with Crippen LogP contribution in [0.2, 0.25) is 0 Å². The maximum atomic E-state index is 12.4. The molecule has 2 N–H and O–H groups in total. The number of likely N-dealkylation sites (tertiary alicyclic amines) is 1. The summed E-state index contributed by atoms with van der Waals surface area (Å²) >= 11 is 0. The van der Waals surface area contributed by atoms with Crippen LogP contribution in [0, 0.1) is 0 Å². The zero-order chi connectivity index (χ0) is 21.1. The van der Waals surface area contributed by atoms with Crippen LogP contribution in [0.15, 0.2) is 29.4 Å². The third-order valence-electron chi connectivity index (χ3n) is 4.85. The van der Waals surface area contributed by atoms with E-state index in [2.05, 4.69) is 20.6 Å². The molecule has 0 radical (unpaired) electrons. The van der Waals surface area contributed by atoms with Gasteiger partial charge in [-0.2, -0.15) is 0 Å². The molecule has 2 rings (SSSR count). The number of aliphatic imine (C=N–C) groups is 1. The van der Waals surface area contributed by atoms with E-state index in [0.717, 1.165) is 25.0 Å². The van der Waals surface area contributed by atoms with Gasteiger partial charge in [0.05, 0.1) is 13.2 Å². The van der Waals surface area contributed by atoms with Gasteiger partial charge in [-0.05, 0) is 31.9 Å². The van der Waals surface area contributed by atoms with E-state index >= 15 is 0 Å². The lowest BCUT2D eigenvalue weighted by Gasteiger charge is -2.32. The first-order valence-corrected chi connectivity index (χ1v) is 10.1. The van der Waals surface area contributed by atoms with Crippen LogP contribution in [0.1, 0.15) is 25.5 Å². The molecule has 1 aliphatic heterocycles. The lowest BCUT2D eigenvalue weighted by Crippen LogP contribution is -2.51. The van der Waals surface area contributed by atoms with E-state index in [4.69, 9.17) is 4.74 Å². The predicted molar refractivity (Wildman–Crippen MR) is 127 cm³/mol. The van der Waals surface area contributed by atoms with Gasteiger partial charge in [-0.1, -0.05) is 6.07 Å². The van der Waals surface area contributed by atoms with E-state index in [0.29, 0.717) is 32.2 Å². The van der Waals surface area contributed by atoms with Gasteiger partial charge in [-0.3, -0.25) is 14.8 Å². The first-order valence-electron chi connectivity index (χ1n) is 10.1. The predicted octanol–water partition coefficient (Wildman–Crippen LogP) is 1.49. The van der Waals surface area contributed by atoms with E-state index in [1.54, 1.807) is 37.0 Å². The van der Waals surface area contributed by atoms with Gasteiger partial charge in [0.25, 0.3) is 0 Å². The van der Waals surface area contributed by atoms with E-state index in [1.807, 2.05) is 18.2 Å². The van der Waals surface area contributed by atoms with E-state index in [1.165, 1.54) is 0 Å². The highest BCUT2D eigenvalue weighted by atomic mass is 127. The molecule has 1 aliphatic rings. The second-order valence-electron chi connectivity index (χ2n) is 6.92. The number of hydrogen-bond acceptors (Lipinski definition) is 5. The van der Waals surface area contributed by atoms with Crippen LogP contribution < -0.4 is 10.6 Å². The number of piperidine rings is 1. The molecule has 0 aliphatic carbocycles. The van der Waals surface area contributed by atoms with Crippen molar-refractivity contribution in [3.8, 4) is 0 Å². The Morgan fingerprint density at radius 2 is 2.07 bits per heavy atom. The molecule has 0 unspecified atom stereocenters. The molecule has 1 fully saturated rings. The summed E-state index contributed by atoms with van der Waals surface area (Å²) in [5.74, 6) is 0.576. The molecule has 2 heterocycles. The quantitative estimate of drug-likeness (QED) is 0.314. The number of amides is 2. The van der Waals surface area contributed by atoms with Crippen LogP contribution in [0.25, 0.3) is 0 Å². The number of carbonyl (C=O) groups excluding carboxylic acids is 2. The number of carbonyl (C=O) groups is 2. The van der Waals surface area contributed by atoms with Gasteiger partial charge in [0.1, 0.15) is 0 Å². The molecule has 30 heavy (non-hydrogen) atoms. The molecule has 2 amide bonds. The van der Waals surface area contributed by atoms with Crippen molar-refractivity contribution in [2.24, 2.45) is 4.99 Å². The number of aromatic nitrogens is 1. The van der Waals surface area contributed by atoms with Crippen molar-refractivity contribution >= 4 is 41.9 Å². The Morgan fingerprint density at radius 3 is 2.67 bits per heavy atom. The van der Waals surface area contributed by atoms with Crippen LogP contribution in [-0.2, 0) is 16.0 Å². The minimum atomic E-state index is -0.257. The highest BCUT2D eigenvalue weighted by Gasteiger charge is 2.24. The molecule has 10 heteroatoms. The van der Waals surface area contributed by atoms with Crippen LogP contribution in [-0.4, -0.2) is 85.7 Å². The number of hydrogen-bond donors (Lipinski definition) is 2. The summed E-state index contributed by atoms with van der Waals surface area (Å²) in [4.78, 5) is 36.0. The normalized spacial score (nSPS) is 14.5. The highest BCUT2D eigenvalue weighted by Crippen LogP contribution is 2.11. The topological polar surface area (TPSA) is 99.2 Å². The van der Waals surface area contributed by atoms with Gasteiger partial charge in [0, 0.05) is 58.1 Å². The van der Waals surface area contributed by atoms with Crippen molar-refractivity contribution in [3.63, 3.8) is 0 Å². The minimum absolute atomic E-state index is 0. The summed E-state index contributed by atoms with van der Waals surface area (Å²) in [6.45, 7) is 4.25. The SMILES string of the molecule is CCOC(=O)N1CCC(NC(=NC)NCC(=O)N(C)CCc2ccccn2)CC1.I. The summed E-state index contributed by atoms with van der Waals surface area (Å²) in [6.07, 6.45) is 3.82. The molecule has 1 aromatic rings. The number of ether oxygens (including phenoxy) is 1. The average Bonchev–Trinajstić information content (AvgIpc) is 2.76. The monoisotopic (exact) mass is 532 g/mol. The zero-order valence-electron chi connectivity index (χ0n) is 18.0. The van der Waals surface area contributed by atoms with Crippen molar-refractivity contribution in [3.05, 3.63) is 30.1 Å². The summed E-state index contributed by atoms with van der Waals surface area (Å²) in [5, 5.41) is 6.41. The first-order chi connectivity index (χ1) is 14.0. The number of guanidine groups is 1. The second-order valence-corrected chi connectivity index (χ2v) is 6.92. The molecule has 0 aromatic carbocycles. The fraction of sp³-hybridized carbons (Fsp3) is 0.600. The summed E-state index contributed by atoms with van der Waals surface area (Å²) in [5.41, 5.74) is 0.965. The highest BCUT2D eigenvalue weighted by molar-refractivity contribution is 14.0. The van der Waals surface area contributed by atoms with Crippen LogP contribution in [0.5, 0.6) is 0 Å². The Kier molecular flexibility index (Phi) is 12.1. The van der Waals surface area contributed by atoms with Crippen molar-refractivity contribution < 1.29 is 14.3 Å². The first kappa shape index (κ1) is 25.9. The zero-order valence-corrected chi connectivity index (χ0v) is 20.3. The second kappa shape index (κ2) is 14.0. The largest absolute Gasteiger partial charge is 0.450 e. The molecule has 0 spiro atoms. The van der Waals surface area contributed by atoms with Crippen LogP contribution in [0.3, 0.4) is 0 Å². The molecular weight excluding hydrogens is 499 g/mol. The summed E-state index contributed by atoms with van der Waals surface area (Å²) in [6, 6.07) is 5.97. The lowest BCUT2D eigenvalue weighted by molar-refractivity contribution is -0.128. The van der Waals surface area contributed by atoms with Crippen LogP contribution in [0.4, 0.5) is 4.79 Å². The van der Waals surface area contributed by atoms with Crippen molar-refractivity contribution in [1.82, 2.24) is 25.4 Å². The van der Waals surface area contributed by atoms with Gasteiger partial charge in [-0.25, -0.2) is 4.79 Å². The lowest BCUT2D eigenvalue weighted by atomic mass is 10.1. The van der Waals surface area contributed by atoms with E-state index in [9.17, 15) is 9.59 Å². The Bertz CT molecular complexity index is 680. The maximum Gasteiger partial charge on any atom is 0.409 e. The fourth-order valence-electron chi connectivity index (χ4n) is 3.06. The smallest absolute Gasteiger partial charge is 0.409 e. The number of rotatable bonds is 7. The Morgan fingerprint density at radius 1 is 1.33 bits per heavy atom. The van der Waals surface area contributed by atoms with E-state index < -0.39 is 0 Å². The molecule has 0 bridgehead atoms. The van der Waals surface area contributed by atoms with Gasteiger partial charge in [0.2, 0.25) is 5.91 Å². The fourth-order valence-corrected chi connectivity index (χ4v) is 3.06. The van der Waals surface area contributed by atoms with Crippen molar-refractivity contribution in [1.29, 1.82) is 0 Å². The number of nitrogens with one attached hydrogen (secondary N) is 2. The van der Waals surface area contributed by atoms with Gasteiger partial charge < -0.3 is 25.2 Å². The maximum absolute atomic E-state index is 12.4. The Balaban J connectivity index is 0.00000450. The Labute approximate surface area is 195 Å². The Hall–Kier alpha value is -2.11. The number of pyridine rings is 1. The summed E-state index contributed by atoms with van der Waals surface area (Å²) < 4.78 is 5.04. The molecule has 1 saturated heterocycles. The number of halogens is 1. The van der Waals surface area contributed by atoms with E-state index in [-0.39, 0.29) is 48.6 Å². The van der Waals surface area contributed by atoms with Gasteiger partial charge >= 0.3 is 6.09 Å². The van der Waals surface area contributed by atoms with Crippen molar-refractivity contribution in [2.75, 3.05) is 46.9 Å². The standard InChI is InChI=1S/C20H32N6O3.HI/c1-4-29-20(28)26-13-9-17(10-14-26)24-19(21-2)23-15-18(27)25(3)12-8-16-7-5-6-11-22-16;/h5-7,11,17H,4,8-10,12-15H2,1-3H3,(H2,21,23,24);1H. The van der Waals surface area contributed by atoms with Gasteiger partial charge in [0.15, 0.2) is 5.96 Å². The number of likely N-dealkylation sites (N-methyl/N-ethyl adjacent to an activating group) is 1. The molecular formula is C20H33IN6O3. The third-order valence-corrected chi connectivity index (χ3v) is 4.85. The number of nitrogens with zero attached hydrogens (tertiary/aromatic N) is 4. The van der Waals surface area contributed by atoms with Crippen molar-refractivity contribution in [2.45, 2.75) is 32.2 Å². The minimum Gasteiger partial charge on any atom is -0.450 e. The molecule has 168 valence electrons.